The number of amides is 2. The number of likely N-dealkylation sites (tertiary alicyclic amines) is 1. The van der Waals surface area contributed by atoms with Gasteiger partial charge in [-0.1, -0.05) is 30.3 Å². The lowest BCUT2D eigenvalue weighted by molar-refractivity contribution is -0.141. The molecule has 3 rings (SSSR count). The summed E-state index contributed by atoms with van der Waals surface area (Å²) < 4.78 is 0. The van der Waals surface area contributed by atoms with Gasteiger partial charge in [-0.25, -0.2) is 0 Å². The Labute approximate surface area is 136 Å². The van der Waals surface area contributed by atoms with Gasteiger partial charge in [0.1, 0.15) is 6.04 Å². The molecule has 2 amide bonds. The van der Waals surface area contributed by atoms with E-state index in [1.165, 1.54) is 0 Å². The zero-order valence-corrected chi connectivity index (χ0v) is 13.3. The molecule has 2 aliphatic rings. The number of hydrogen-bond acceptors (Lipinski definition) is 3. The van der Waals surface area contributed by atoms with Gasteiger partial charge in [-0.15, -0.1) is 0 Å². The summed E-state index contributed by atoms with van der Waals surface area (Å²) in [5.74, 6) is -0.539. The molecular weight excluding hydrogens is 292 g/mol. The van der Waals surface area contributed by atoms with Gasteiger partial charge >= 0.3 is 0 Å². The maximum Gasteiger partial charge on any atom is 0.245 e. The first-order valence-electron chi connectivity index (χ1n) is 8.46. The average Bonchev–Trinajstić information content (AvgIpc) is 2.98. The molecule has 0 aromatic heterocycles. The summed E-state index contributed by atoms with van der Waals surface area (Å²) in [5.41, 5.74) is 1.10. The van der Waals surface area contributed by atoms with Crippen molar-refractivity contribution in [1.82, 2.24) is 10.2 Å². The smallest absolute Gasteiger partial charge is 0.245 e. The van der Waals surface area contributed by atoms with E-state index in [-0.39, 0.29) is 17.7 Å². The second-order valence-corrected chi connectivity index (χ2v) is 6.55. The zero-order chi connectivity index (χ0) is 16.2. The van der Waals surface area contributed by atoms with Crippen molar-refractivity contribution in [2.45, 2.75) is 50.8 Å². The van der Waals surface area contributed by atoms with E-state index in [2.05, 4.69) is 5.32 Å². The van der Waals surface area contributed by atoms with E-state index < -0.39 is 12.1 Å². The fourth-order valence-corrected chi connectivity index (χ4v) is 3.56. The molecule has 1 aromatic rings. The Balaban J connectivity index is 1.60. The van der Waals surface area contributed by atoms with Gasteiger partial charge < -0.3 is 15.3 Å². The maximum atomic E-state index is 12.6. The van der Waals surface area contributed by atoms with Gasteiger partial charge in [0.05, 0.1) is 12.0 Å². The molecule has 2 fully saturated rings. The van der Waals surface area contributed by atoms with Crippen LogP contribution in [-0.4, -0.2) is 40.5 Å². The fraction of sp³-hybridized carbons (Fsp3) is 0.556. The van der Waals surface area contributed by atoms with Gasteiger partial charge in [-0.05, 0) is 37.7 Å². The highest BCUT2D eigenvalue weighted by Gasteiger charge is 2.35. The van der Waals surface area contributed by atoms with Crippen molar-refractivity contribution in [3.63, 3.8) is 0 Å². The number of carbonyl (C=O) groups excluding carboxylic acids is 2. The standard InChI is InChI=1S/C18H24N2O3/c21-16-10-4-8-14(16)17(22)19-15-9-5-11-20(18(15)23)12-13-6-2-1-3-7-13/h1-3,6-7,14-16,21H,4-5,8-12H2,(H,19,22). The maximum absolute atomic E-state index is 12.6. The molecule has 23 heavy (non-hydrogen) atoms. The summed E-state index contributed by atoms with van der Waals surface area (Å²) in [6.07, 6.45) is 3.26. The van der Waals surface area contributed by atoms with Gasteiger partial charge in [-0.3, -0.25) is 9.59 Å². The van der Waals surface area contributed by atoms with Crippen LogP contribution < -0.4 is 5.32 Å². The zero-order valence-electron chi connectivity index (χ0n) is 13.3. The highest BCUT2D eigenvalue weighted by molar-refractivity contribution is 5.89. The van der Waals surface area contributed by atoms with Crippen molar-refractivity contribution < 1.29 is 14.7 Å². The van der Waals surface area contributed by atoms with Crippen LogP contribution in [0.2, 0.25) is 0 Å². The van der Waals surface area contributed by atoms with Gasteiger partial charge in [0.25, 0.3) is 0 Å². The van der Waals surface area contributed by atoms with Gasteiger partial charge in [0.2, 0.25) is 11.8 Å². The summed E-state index contributed by atoms with van der Waals surface area (Å²) >= 11 is 0. The summed E-state index contributed by atoms with van der Waals surface area (Å²) in [6, 6.07) is 9.44. The summed E-state index contributed by atoms with van der Waals surface area (Å²) in [4.78, 5) is 26.7. The predicted octanol–water partition coefficient (Wildman–Crippen LogP) is 1.45. The van der Waals surface area contributed by atoms with E-state index in [9.17, 15) is 14.7 Å². The van der Waals surface area contributed by atoms with Crippen LogP contribution in [0.15, 0.2) is 30.3 Å². The lowest BCUT2D eigenvalue weighted by Crippen LogP contribution is -2.53. The summed E-state index contributed by atoms with van der Waals surface area (Å²) in [7, 11) is 0. The second-order valence-electron chi connectivity index (χ2n) is 6.55. The van der Waals surface area contributed by atoms with Crippen LogP contribution in [0.3, 0.4) is 0 Å². The molecule has 5 nitrogen and oxygen atoms in total. The van der Waals surface area contributed by atoms with Crippen molar-refractivity contribution in [3.8, 4) is 0 Å². The van der Waals surface area contributed by atoms with Gasteiger partial charge in [-0.2, -0.15) is 0 Å². The Kier molecular flexibility index (Phi) is 4.96. The van der Waals surface area contributed by atoms with Crippen molar-refractivity contribution in [1.29, 1.82) is 0 Å². The lowest BCUT2D eigenvalue weighted by atomic mass is 10.0. The fourth-order valence-electron chi connectivity index (χ4n) is 3.56. The van der Waals surface area contributed by atoms with E-state index >= 15 is 0 Å². The molecule has 2 N–H and O–H groups in total. The number of nitrogens with one attached hydrogen (secondary N) is 1. The Hall–Kier alpha value is -1.88. The van der Waals surface area contributed by atoms with E-state index in [0.717, 1.165) is 24.9 Å². The van der Waals surface area contributed by atoms with E-state index in [4.69, 9.17) is 0 Å². The molecule has 1 aromatic carbocycles. The first-order chi connectivity index (χ1) is 11.1. The predicted molar refractivity (Wildman–Crippen MR) is 86.4 cm³/mol. The minimum absolute atomic E-state index is 0.0130. The normalized spacial score (nSPS) is 28.0. The SMILES string of the molecule is O=C(NC1CCCN(Cc2ccccc2)C1=O)C1CCCC1O. The van der Waals surface area contributed by atoms with Crippen LogP contribution in [-0.2, 0) is 16.1 Å². The Bertz CT molecular complexity index is 561. The minimum Gasteiger partial charge on any atom is -0.392 e. The summed E-state index contributed by atoms with van der Waals surface area (Å²) in [6.45, 7) is 1.31. The summed E-state index contributed by atoms with van der Waals surface area (Å²) in [5, 5.41) is 12.7. The molecule has 0 spiro atoms. The molecule has 0 bridgehead atoms. The second kappa shape index (κ2) is 7.13. The quantitative estimate of drug-likeness (QED) is 0.883. The Morgan fingerprint density at radius 1 is 1.17 bits per heavy atom. The first kappa shape index (κ1) is 16.0. The molecule has 1 saturated carbocycles. The topological polar surface area (TPSA) is 69.6 Å². The highest BCUT2D eigenvalue weighted by atomic mass is 16.3. The van der Waals surface area contributed by atoms with E-state index in [0.29, 0.717) is 25.8 Å². The van der Waals surface area contributed by atoms with Gasteiger partial charge in [0, 0.05) is 13.1 Å². The third-order valence-corrected chi connectivity index (χ3v) is 4.88. The number of rotatable bonds is 4. The van der Waals surface area contributed by atoms with Crippen LogP contribution >= 0.6 is 0 Å². The van der Waals surface area contributed by atoms with E-state index in [1.807, 2.05) is 35.2 Å². The molecule has 1 aliphatic heterocycles. The number of carbonyl (C=O) groups is 2. The van der Waals surface area contributed by atoms with Crippen LogP contribution in [0.4, 0.5) is 0 Å². The molecule has 124 valence electrons. The average molecular weight is 316 g/mol. The van der Waals surface area contributed by atoms with Crippen molar-refractivity contribution in [3.05, 3.63) is 35.9 Å². The third-order valence-electron chi connectivity index (χ3n) is 4.88. The van der Waals surface area contributed by atoms with Crippen molar-refractivity contribution in [2.24, 2.45) is 5.92 Å². The molecule has 5 heteroatoms. The molecule has 3 atom stereocenters. The highest BCUT2D eigenvalue weighted by Crippen LogP contribution is 2.26. The van der Waals surface area contributed by atoms with Crippen molar-refractivity contribution >= 4 is 11.8 Å². The number of benzene rings is 1. The minimum atomic E-state index is -0.561. The number of piperidine rings is 1. The third kappa shape index (κ3) is 3.72. The molecule has 0 radical (unpaired) electrons. The monoisotopic (exact) mass is 316 g/mol. The van der Waals surface area contributed by atoms with Crippen molar-refractivity contribution in [2.75, 3.05) is 6.54 Å². The van der Waals surface area contributed by atoms with Crippen LogP contribution in [0.25, 0.3) is 0 Å². The molecular formula is C18H24N2O3. The number of nitrogens with zero attached hydrogens (tertiary/aromatic N) is 1. The number of aliphatic hydroxyl groups excluding tert-OH is 1. The molecule has 1 heterocycles. The molecule has 1 aliphatic carbocycles. The van der Waals surface area contributed by atoms with Crippen LogP contribution in [0.1, 0.15) is 37.7 Å². The Morgan fingerprint density at radius 2 is 1.96 bits per heavy atom. The van der Waals surface area contributed by atoms with Gasteiger partial charge in [0.15, 0.2) is 0 Å². The van der Waals surface area contributed by atoms with Crippen LogP contribution in [0.5, 0.6) is 0 Å². The number of hydrogen-bond donors (Lipinski definition) is 2. The molecule has 1 saturated heterocycles. The Morgan fingerprint density at radius 3 is 2.65 bits per heavy atom. The molecule has 3 unspecified atom stereocenters. The largest absolute Gasteiger partial charge is 0.392 e. The lowest BCUT2D eigenvalue weighted by Gasteiger charge is -2.33. The number of aliphatic hydroxyl groups is 1. The van der Waals surface area contributed by atoms with E-state index in [1.54, 1.807) is 0 Å². The first-order valence-corrected chi connectivity index (χ1v) is 8.46. The van der Waals surface area contributed by atoms with Crippen LogP contribution in [0, 0.1) is 5.92 Å².